The zero-order valence-corrected chi connectivity index (χ0v) is 14.0. The molecule has 0 saturated carbocycles. The van der Waals surface area contributed by atoms with Gasteiger partial charge in [0.05, 0.1) is 24.6 Å². The predicted octanol–water partition coefficient (Wildman–Crippen LogP) is 3.90. The van der Waals surface area contributed by atoms with Crippen LogP contribution in [0.1, 0.15) is 5.56 Å². The molecule has 4 heterocycles. The van der Waals surface area contributed by atoms with Crippen molar-refractivity contribution in [1.29, 1.82) is 0 Å². The molecule has 0 amide bonds. The van der Waals surface area contributed by atoms with E-state index in [0.717, 1.165) is 12.3 Å². The van der Waals surface area contributed by atoms with E-state index in [1.54, 1.807) is 41.1 Å². The first-order chi connectivity index (χ1) is 13.0. The third kappa shape index (κ3) is 3.07. The number of halogens is 3. The van der Waals surface area contributed by atoms with Gasteiger partial charge in [-0.05, 0) is 24.3 Å². The summed E-state index contributed by atoms with van der Waals surface area (Å²) in [4.78, 5) is 16.8. The molecular formula is C18H12F3N5O. The molecule has 0 aliphatic heterocycles. The van der Waals surface area contributed by atoms with Crippen molar-refractivity contribution < 1.29 is 17.9 Å². The maximum atomic E-state index is 13.0. The van der Waals surface area contributed by atoms with E-state index in [2.05, 4.69) is 19.9 Å². The number of aromatic nitrogens is 5. The van der Waals surface area contributed by atoms with Crippen LogP contribution in [0.4, 0.5) is 13.2 Å². The maximum Gasteiger partial charge on any atom is 0.417 e. The largest absolute Gasteiger partial charge is 0.481 e. The molecule has 0 spiro atoms. The number of pyridine rings is 3. The predicted molar refractivity (Wildman–Crippen MR) is 91.4 cm³/mol. The summed E-state index contributed by atoms with van der Waals surface area (Å²) in [5.74, 6) is 0.777. The molecule has 9 heteroatoms. The van der Waals surface area contributed by atoms with Crippen molar-refractivity contribution in [2.24, 2.45) is 0 Å². The lowest BCUT2D eigenvalue weighted by Crippen LogP contribution is -2.06. The molecule has 4 rings (SSSR count). The van der Waals surface area contributed by atoms with Crippen molar-refractivity contribution in [3.05, 3.63) is 60.6 Å². The van der Waals surface area contributed by atoms with Crippen LogP contribution < -0.4 is 4.74 Å². The molecule has 0 radical (unpaired) electrons. The molecule has 0 N–H and O–H groups in total. The second kappa shape index (κ2) is 6.35. The highest BCUT2D eigenvalue weighted by Gasteiger charge is 2.32. The van der Waals surface area contributed by atoms with Crippen LogP contribution >= 0.6 is 0 Å². The molecule has 0 aliphatic carbocycles. The number of imidazole rings is 1. The monoisotopic (exact) mass is 371 g/mol. The van der Waals surface area contributed by atoms with Crippen LogP contribution in [-0.4, -0.2) is 31.6 Å². The van der Waals surface area contributed by atoms with Gasteiger partial charge in [0.1, 0.15) is 11.2 Å². The summed E-state index contributed by atoms with van der Waals surface area (Å²) in [7, 11) is 1.49. The zero-order valence-electron chi connectivity index (χ0n) is 14.0. The Balaban J connectivity index is 1.98. The fourth-order valence-electron chi connectivity index (χ4n) is 2.66. The minimum Gasteiger partial charge on any atom is -0.481 e. The van der Waals surface area contributed by atoms with Crippen LogP contribution in [0.15, 0.2) is 55.0 Å². The number of fused-ring (bicyclic) bond motifs is 1. The highest BCUT2D eigenvalue weighted by atomic mass is 19.4. The lowest BCUT2D eigenvalue weighted by Gasteiger charge is -2.09. The van der Waals surface area contributed by atoms with Gasteiger partial charge in [0.2, 0.25) is 5.88 Å². The summed E-state index contributed by atoms with van der Waals surface area (Å²) in [6.45, 7) is 0. The Morgan fingerprint density at radius 2 is 1.85 bits per heavy atom. The Morgan fingerprint density at radius 3 is 2.48 bits per heavy atom. The summed E-state index contributed by atoms with van der Waals surface area (Å²) in [5.41, 5.74) is 0.600. The number of alkyl halides is 3. The maximum absolute atomic E-state index is 13.0. The Morgan fingerprint density at radius 1 is 1.00 bits per heavy atom. The number of nitrogens with zero attached hydrogens (tertiary/aromatic N) is 5. The van der Waals surface area contributed by atoms with Crippen molar-refractivity contribution in [3.63, 3.8) is 0 Å². The third-order valence-electron chi connectivity index (χ3n) is 3.91. The summed E-state index contributed by atoms with van der Waals surface area (Å²) in [5, 5.41) is 0. The molecule has 0 bridgehead atoms. The van der Waals surface area contributed by atoms with Crippen molar-refractivity contribution in [3.8, 4) is 23.1 Å². The first-order valence-electron chi connectivity index (χ1n) is 7.85. The van der Waals surface area contributed by atoms with Crippen LogP contribution in [0.2, 0.25) is 0 Å². The normalized spacial score (nSPS) is 11.7. The topological polar surface area (TPSA) is 65.7 Å². The number of hydrogen-bond acceptors (Lipinski definition) is 5. The fourth-order valence-corrected chi connectivity index (χ4v) is 2.66. The van der Waals surface area contributed by atoms with Gasteiger partial charge >= 0.3 is 6.18 Å². The molecule has 0 atom stereocenters. The van der Waals surface area contributed by atoms with E-state index in [-0.39, 0.29) is 11.2 Å². The van der Waals surface area contributed by atoms with Gasteiger partial charge in [0.25, 0.3) is 0 Å². The van der Waals surface area contributed by atoms with E-state index in [1.807, 2.05) is 0 Å². The van der Waals surface area contributed by atoms with Crippen molar-refractivity contribution in [1.82, 2.24) is 24.5 Å². The average Bonchev–Trinajstić information content (AvgIpc) is 3.07. The first-order valence-corrected chi connectivity index (χ1v) is 7.85. The molecule has 0 aliphatic rings. The van der Waals surface area contributed by atoms with Gasteiger partial charge in [0, 0.05) is 18.5 Å². The molecule has 0 aromatic carbocycles. The van der Waals surface area contributed by atoms with E-state index in [0.29, 0.717) is 23.1 Å². The molecular weight excluding hydrogens is 359 g/mol. The Labute approximate surface area is 151 Å². The Kier molecular flexibility index (Phi) is 3.98. The highest BCUT2D eigenvalue weighted by molar-refractivity contribution is 5.79. The number of rotatable bonds is 3. The first kappa shape index (κ1) is 17.0. The summed E-state index contributed by atoms with van der Waals surface area (Å²) >= 11 is 0. The van der Waals surface area contributed by atoms with Gasteiger partial charge in [-0.1, -0.05) is 6.07 Å². The Hall–Kier alpha value is -3.49. The van der Waals surface area contributed by atoms with E-state index in [9.17, 15) is 13.2 Å². The van der Waals surface area contributed by atoms with Crippen molar-refractivity contribution in [2.45, 2.75) is 6.18 Å². The minimum absolute atomic E-state index is 0.112. The van der Waals surface area contributed by atoms with Crippen LogP contribution in [0, 0.1) is 0 Å². The van der Waals surface area contributed by atoms with Crippen LogP contribution in [-0.2, 0) is 6.18 Å². The van der Waals surface area contributed by atoms with Crippen LogP contribution in [0.5, 0.6) is 5.88 Å². The molecule has 27 heavy (non-hydrogen) atoms. The van der Waals surface area contributed by atoms with Gasteiger partial charge in [0.15, 0.2) is 11.5 Å². The number of methoxy groups -OCH3 is 1. The smallest absolute Gasteiger partial charge is 0.417 e. The minimum atomic E-state index is -4.50. The molecule has 0 unspecified atom stereocenters. The van der Waals surface area contributed by atoms with Gasteiger partial charge in [-0.3, -0.25) is 9.55 Å². The molecule has 0 fully saturated rings. The van der Waals surface area contributed by atoms with Gasteiger partial charge < -0.3 is 4.74 Å². The SMILES string of the molecule is COc1ccc(-n2c(-c3ccccn3)nc3cc(C(F)(F)F)cnc32)cn1. The van der Waals surface area contributed by atoms with Crippen LogP contribution in [0.25, 0.3) is 28.4 Å². The summed E-state index contributed by atoms with van der Waals surface area (Å²) in [6.07, 6.45) is -0.594. The zero-order chi connectivity index (χ0) is 19.0. The van der Waals surface area contributed by atoms with Gasteiger partial charge in [-0.25, -0.2) is 15.0 Å². The van der Waals surface area contributed by atoms with Gasteiger partial charge in [-0.15, -0.1) is 0 Å². The lowest BCUT2D eigenvalue weighted by molar-refractivity contribution is -0.137. The van der Waals surface area contributed by atoms with E-state index in [4.69, 9.17) is 4.74 Å². The highest BCUT2D eigenvalue weighted by Crippen LogP contribution is 2.32. The molecule has 6 nitrogen and oxygen atoms in total. The molecule has 0 saturated heterocycles. The summed E-state index contributed by atoms with van der Waals surface area (Å²) < 4.78 is 45.8. The van der Waals surface area contributed by atoms with Crippen molar-refractivity contribution >= 4 is 11.2 Å². The van der Waals surface area contributed by atoms with E-state index in [1.165, 1.54) is 13.3 Å². The van der Waals surface area contributed by atoms with E-state index < -0.39 is 11.7 Å². The third-order valence-corrected chi connectivity index (χ3v) is 3.91. The molecule has 4 aromatic rings. The summed E-state index contributed by atoms with van der Waals surface area (Å²) in [6, 6.07) is 9.58. The fraction of sp³-hybridized carbons (Fsp3) is 0.111. The standard InChI is InChI=1S/C18H12F3N5O/c1-27-15-6-5-12(10-23-15)26-16-14(8-11(9-24-16)18(19,20)21)25-17(26)13-4-2-3-7-22-13/h2-10H,1H3. The molecule has 4 aromatic heterocycles. The second-order valence-corrected chi connectivity index (χ2v) is 5.61. The Bertz CT molecular complexity index is 1090. The number of hydrogen-bond donors (Lipinski definition) is 0. The average molecular weight is 371 g/mol. The van der Waals surface area contributed by atoms with Crippen LogP contribution in [0.3, 0.4) is 0 Å². The lowest BCUT2D eigenvalue weighted by atomic mass is 10.2. The van der Waals surface area contributed by atoms with E-state index >= 15 is 0 Å². The molecule has 136 valence electrons. The number of ether oxygens (including phenoxy) is 1. The van der Waals surface area contributed by atoms with Crippen molar-refractivity contribution in [2.75, 3.05) is 7.11 Å². The quantitative estimate of drug-likeness (QED) is 0.546. The second-order valence-electron chi connectivity index (χ2n) is 5.61. The van der Waals surface area contributed by atoms with Gasteiger partial charge in [-0.2, -0.15) is 13.2 Å².